The summed E-state index contributed by atoms with van der Waals surface area (Å²) in [5, 5.41) is 9.79. The molecule has 1 N–H and O–H groups in total. The largest absolute Gasteiger partial charge is 0.393 e. The minimum Gasteiger partial charge on any atom is -0.393 e. The molecular weight excluding hydrogens is 229 g/mol. The Morgan fingerprint density at radius 2 is 1.94 bits per heavy atom. The molecule has 1 aromatic rings. The van der Waals surface area contributed by atoms with Crippen LogP contribution in [0.1, 0.15) is 36.8 Å². The molecule has 1 aromatic carbocycles. The molecule has 3 rings (SSSR count). The van der Waals surface area contributed by atoms with E-state index in [1.807, 2.05) is 13.0 Å². The first-order chi connectivity index (χ1) is 8.63. The van der Waals surface area contributed by atoms with Crippen molar-refractivity contribution >= 4 is 0 Å². The molecule has 98 valence electrons. The number of aliphatic hydroxyl groups excluding tert-OH is 1. The molecule has 2 atom stereocenters. The number of halogens is 1. The van der Waals surface area contributed by atoms with E-state index >= 15 is 0 Å². The van der Waals surface area contributed by atoms with Gasteiger partial charge in [-0.2, -0.15) is 0 Å². The van der Waals surface area contributed by atoms with Crippen LogP contribution in [0.4, 0.5) is 4.39 Å². The minimum absolute atomic E-state index is 0.132. The van der Waals surface area contributed by atoms with E-state index in [1.54, 1.807) is 6.07 Å². The van der Waals surface area contributed by atoms with Crippen molar-refractivity contribution < 1.29 is 9.50 Å². The smallest absolute Gasteiger partial charge is 0.123 e. The zero-order valence-corrected chi connectivity index (χ0v) is 10.8. The van der Waals surface area contributed by atoms with Crippen molar-refractivity contribution in [2.45, 2.75) is 57.3 Å². The summed E-state index contributed by atoms with van der Waals surface area (Å²) in [5.74, 6) is -0.153. The first kappa shape index (κ1) is 12.1. The summed E-state index contributed by atoms with van der Waals surface area (Å²) in [6.07, 6.45) is 3.98. The van der Waals surface area contributed by atoms with Gasteiger partial charge in [0.05, 0.1) is 6.10 Å². The van der Waals surface area contributed by atoms with E-state index in [0.29, 0.717) is 12.1 Å². The van der Waals surface area contributed by atoms with Crippen molar-refractivity contribution in [1.29, 1.82) is 0 Å². The fraction of sp³-hybridized carbons (Fsp3) is 0.600. The molecule has 2 unspecified atom stereocenters. The van der Waals surface area contributed by atoms with Gasteiger partial charge in [-0.15, -0.1) is 0 Å². The van der Waals surface area contributed by atoms with Crippen molar-refractivity contribution in [2.75, 3.05) is 0 Å². The predicted molar refractivity (Wildman–Crippen MR) is 68.7 cm³/mol. The summed E-state index contributed by atoms with van der Waals surface area (Å²) >= 11 is 0. The van der Waals surface area contributed by atoms with Crippen LogP contribution in [-0.2, 0) is 6.54 Å². The van der Waals surface area contributed by atoms with E-state index in [9.17, 15) is 9.50 Å². The van der Waals surface area contributed by atoms with E-state index in [2.05, 4.69) is 4.90 Å². The average molecular weight is 249 g/mol. The molecule has 2 fully saturated rings. The molecule has 0 aromatic heterocycles. The minimum atomic E-state index is -0.153. The Bertz CT molecular complexity index is 434. The number of nitrogens with zero attached hydrogens (tertiary/aromatic N) is 1. The highest BCUT2D eigenvalue weighted by Crippen LogP contribution is 2.37. The van der Waals surface area contributed by atoms with E-state index < -0.39 is 0 Å². The highest BCUT2D eigenvalue weighted by Gasteiger charge is 2.39. The van der Waals surface area contributed by atoms with Crippen molar-refractivity contribution in [1.82, 2.24) is 4.90 Å². The Kier molecular flexibility index (Phi) is 3.12. The SMILES string of the molecule is Cc1ccc(F)cc1CN1C2CCC1CC(O)C2. The second-order valence-corrected chi connectivity index (χ2v) is 5.75. The molecule has 0 spiro atoms. The van der Waals surface area contributed by atoms with Crippen LogP contribution in [0, 0.1) is 12.7 Å². The fourth-order valence-corrected chi connectivity index (χ4v) is 3.51. The molecule has 3 heteroatoms. The normalized spacial score (nSPS) is 31.8. The Morgan fingerprint density at radius 3 is 2.61 bits per heavy atom. The predicted octanol–water partition coefficient (Wildman–Crippen LogP) is 2.62. The van der Waals surface area contributed by atoms with Crippen molar-refractivity contribution in [2.24, 2.45) is 0 Å². The van der Waals surface area contributed by atoms with Crippen molar-refractivity contribution in [3.8, 4) is 0 Å². The lowest BCUT2D eigenvalue weighted by atomic mass is 9.98. The third-order valence-corrected chi connectivity index (χ3v) is 4.52. The standard InChI is InChI=1S/C15H20FNO/c1-10-2-3-12(16)6-11(10)9-17-13-4-5-14(17)8-15(18)7-13/h2-3,6,13-15,18H,4-5,7-9H2,1H3. The molecule has 2 aliphatic heterocycles. The van der Waals surface area contributed by atoms with Gasteiger partial charge in [-0.05, 0) is 55.9 Å². The highest BCUT2D eigenvalue weighted by atomic mass is 19.1. The Labute approximate surface area is 107 Å². The number of piperidine rings is 1. The van der Waals surface area contributed by atoms with Crippen LogP contribution in [0.5, 0.6) is 0 Å². The molecule has 0 saturated carbocycles. The summed E-state index contributed by atoms with van der Waals surface area (Å²) in [4.78, 5) is 2.47. The number of benzene rings is 1. The van der Waals surface area contributed by atoms with E-state index in [4.69, 9.17) is 0 Å². The van der Waals surface area contributed by atoms with Gasteiger partial charge in [0.1, 0.15) is 5.82 Å². The molecule has 2 bridgehead atoms. The highest BCUT2D eigenvalue weighted by molar-refractivity contribution is 5.27. The van der Waals surface area contributed by atoms with Gasteiger partial charge >= 0.3 is 0 Å². The first-order valence-corrected chi connectivity index (χ1v) is 6.82. The van der Waals surface area contributed by atoms with Gasteiger partial charge in [-0.3, -0.25) is 4.90 Å². The molecule has 0 aliphatic carbocycles. The van der Waals surface area contributed by atoms with Crippen LogP contribution < -0.4 is 0 Å². The average Bonchev–Trinajstić information content (AvgIpc) is 2.57. The summed E-state index contributed by atoms with van der Waals surface area (Å²) < 4.78 is 13.3. The molecule has 2 aliphatic rings. The van der Waals surface area contributed by atoms with Crippen LogP contribution in [0.15, 0.2) is 18.2 Å². The summed E-state index contributed by atoms with van der Waals surface area (Å²) in [6.45, 7) is 2.86. The quantitative estimate of drug-likeness (QED) is 0.871. The van der Waals surface area contributed by atoms with Crippen LogP contribution in [0.25, 0.3) is 0 Å². The number of aliphatic hydroxyl groups is 1. The second kappa shape index (κ2) is 4.63. The molecule has 0 radical (unpaired) electrons. The van der Waals surface area contributed by atoms with Crippen LogP contribution in [-0.4, -0.2) is 28.2 Å². The second-order valence-electron chi connectivity index (χ2n) is 5.75. The Morgan fingerprint density at radius 1 is 1.28 bits per heavy atom. The van der Waals surface area contributed by atoms with E-state index in [-0.39, 0.29) is 11.9 Å². The van der Waals surface area contributed by atoms with Crippen LogP contribution >= 0.6 is 0 Å². The lowest BCUT2D eigenvalue weighted by molar-refractivity contribution is 0.0309. The van der Waals surface area contributed by atoms with Gasteiger partial charge in [0.15, 0.2) is 0 Å². The maximum absolute atomic E-state index is 13.3. The monoisotopic (exact) mass is 249 g/mol. The van der Waals surface area contributed by atoms with Gasteiger partial charge in [-0.1, -0.05) is 6.07 Å². The summed E-state index contributed by atoms with van der Waals surface area (Å²) in [6, 6.07) is 6.00. The maximum Gasteiger partial charge on any atom is 0.123 e. The zero-order valence-electron chi connectivity index (χ0n) is 10.8. The molecule has 0 amide bonds. The molecule has 18 heavy (non-hydrogen) atoms. The lowest BCUT2D eigenvalue weighted by Gasteiger charge is -2.37. The number of fused-ring (bicyclic) bond motifs is 2. The van der Waals surface area contributed by atoms with Gasteiger partial charge in [0, 0.05) is 18.6 Å². The van der Waals surface area contributed by atoms with E-state index in [1.165, 1.54) is 18.9 Å². The molecule has 2 saturated heterocycles. The number of rotatable bonds is 2. The molecule has 2 nitrogen and oxygen atoms in total. The number of aryl methyl sites for hydroxylation is 1. The van der Waals surface area contributed by atoms with Crippen molar-refractivity contribution in [3.63, 3.8) is 0 Å². The maximum atomic E-state index is 13.3. The third-order valence-electron chi connectivity index (χ3n) is 4.52. The van der Waals surface area contributed by atoms with E-state index in [0.717, 1.165) is 30.5 Å². The first-order valence-electron chi connectivity index (χ1n) is 6.82. The Balaban J connectivity index is 1.79. The van der Waals surface area contributed by atoms with Crippen molar-refractivity contribution in [3.05, 3.63) is 35.1 Å². The lowest BCUT2D eigenvalue weighted by Crippen LogP contribution is -2.44. The van der Waals surface area contributed by atoms with Gasteiger partial charge < -0.3 is 5.11 Å². The summed E-state index contributed by atoms with van der Waals surface area (Å²) in [7, 11) is 0. The third kappa shape index (κ3) is 2.17. The fourth-order valence-electron chi connectivity index (χ4n) is 3.51. The van der Waals surface area contributed by atoms with Crippen LogP contribution in [0.2, 0.25) is 0 Å². The van der Waals surface area contributed by atoms with Gasteiger partial charge in [0.2, 0.25) is 0 Å². The molecular formula is C15H20FNO. The summed E-state index contributed by atoms with van der Waals surface area (Å²) in [5.41, 5.74) is 2.24. The van der Waals surface area contributed by atoms with Gasteiger partial charge in [0.25, 0.3) is 0 Å². The topological polar surface area (TPSA) is 23.5 Å². The number of hydrogen-bond donors (Lipinski definition) is 1. The zero-order chi connectivity index (χ0) is 12.7. The van der Waals surface area contributed by atoms with Crippen LogP contribution in [0.3, 0.4) is 0 Å². The Hall–Kier alpha value is -0.930. The number of hydrogen-bond acceptors (Lipinski definition) is 2. The van der Waals surface area contributed by atoms with Gasteiger partial charge in [-0.25, -0.2) is 4.39 Å². The molecule has 2 heterocycles.